The van der Waals surface area contributed by atoms with Crippen LogP contribution in [0.15, 0.2) is 0 Å². The molecule has 0 bridgehead atoms. The lowest BCUT2D eigenvalue weighted by Crippen LogP contribution is -2.56. The lowest BCUT2D eigenvalue weighted by atomic mass is 10.1. The van der Waals surface area contributed by atoms with Gasteiger partial charge in [0.25, 0.3) is 0 Å². The first-order valence-electron chi connectivity index (χ1n) is 7.58. The van der Waals surface area contributed by atoms with Crippen LogP contribution in [0.1, 0.15) is 19.3 Å². The van der Waals surface area contributed by atoms with Crippen LogP contribution in [0.5, 0.6) is 0 Å². The smallest absolute Gasteiger partial charge is 0.326 e. The van der Waals surface area contributed by atoms with Gasteiger partial charge in [0, 0.05) is 6.54 Å². The summed E-state index contributed by atoms with van der Waals surface area (Å²) in [6.07, 6.45) is -0.262. The average Bonchev–Trinajstić information content (AvgIpc) is 2.54. The van der Waals surface area contributed by atoms with Crippen molar-refractivity contribution in [3.05, 3.63) is 0 Å². The van der Waals surface area contributed by atoms with Gasteiger partial charge in [0.1, 0.15) is 12.1 Å². The molecule has 0 aromatic heterocycles. The highest BCUT2D eigenvalue weighted by Crippen LogP contribution is 1.98. The van der Waals surface area contributed by atoms with E-state index >= 15 is 0 Å². The van der Waals surface area contributed by atoms with Gasteiger partial charge in [0.2, 0.25) is 11.8 Å². The molecule has 0 radical (unpaired) electrons. The molecule has 0 aliphatic carbocycles. The number of aliphatic carboxylic acids is 2. The van der Waals surface area contributed by atoms with Crippen molar-refractivity contribution in [1.82, 2.24) is 16.0 Å². The Morgan fingerprint density at radius 3 is 2.08 bits per heavy atom. The Hall–Kier alpha value is -2.93. The number of hydrogen-bond acceptors (Lipinski definition) is 7. The third kappa shape index (κ3) is 9.39. The number of aliphatic hydroxyl groups excluding tert-OH is 1. The van der Waals surface area contributed by atoms with E-state index in [1.807, 2.05) is 5.32 Å². The van der Waals surface area contributed by atoms with Gasteiger partial charge in [-0.3, -0.25) is 19.8 Å². The SMILES string of the molecule is N=C(N)NCCC[C@H](N)C(=O)N[C@@H](CO)C(=O)N[C@@H](CC(=O)O)C(=O)O. The monoisotopic (exact) mass is 376 g/mol. The van der Waals surface area contributed by atoms with Crippen molar-refractivity contribution in [3.63, 3.8) is 0 Å². The van der Waals surface area contributed by atoms with Crippen LogP contribution in [-0.2, 0) is 19.2 Å². The van der Waals surface area contributed by atoms with E-state index in [1.165, 1.54) is 0 Å². The summed E-state index contributed by atoms with van der Waals surface area (Å²) in [4.78, 5) is 45.4. The molecule has 0 saturated carbocycles. The highest BCUT2D eigenvalue weighted by molar-refractivity contribution is 5.92. The molecule has 3 atom stereocenters. The molecule has 0 rings (SSSR count). The molecule has 0 unspecified atom stereocenters. The number of carboxylic acid groups (broad SMARTS) is 2. The number of rotatable bonds is 12. The zero-order valence-electron chi connectivity index (χ0n) is 13.9. The molecule has 0 heterocycles. The number of hydrogen-bond donors (Lipinski definition) is 9. The van der Waals surface area contributed by atoms with Crippen molar-refractivity contribution in [1.29, 1.82) is 5.41 Å². The van der Waals surface area contributed by atoms with Crippen molar-refractivity contribution in [2.24, 2.45) is 11.5 Å². The summed E-state index contributed by atoms with van der Waals surface area (Å²) in [5, 5.41) is 40.3. The Morgan fingerprint density at radius 2 is 1.62 bits per heavy atom. The summed E-state index contributed by atoms with van der Waals surface area (Å²) in [5.41, 5.74) is 10.7. The van der Waals surface area contributed by atoms with Gasteiger partial charge in [-0.15, -0.1) is 0 Å². The molecule has 2 amide bonds. The highest BCUT2D eigenvalue weighted by atomic mass is 16.4. The molecule has 26 heavy (non-hydrogen) atoms. The second-order valence-corrected chi connectivity index (χ2v) is 5.33. The summed E-state index contributed by atoms with van der Waals surface area (Å²) in [6, 6.07) is -4.21. The molecular formula is C13H24N6O7. The lowest BCUT2D eigenvalue weighted by Gasteiger charge is -2.21. The molecular weight excluding hydrogens is 352 g/mol. The fourth-order valence-corrected chi connectivity index (χ4v) is 1.80. The maximum Gasteiger partial charge on any atom is 0.326 e. The zero-order valence-corrected chi connectivity index (χ0v) is 13.9. The fraction of sp³-hybridized carbons (Fsp3) is 0.615. The Morgan fingerprint density at radius 1 is 1.04 bits per heavy atom. The second kappa shape index (κ2) is 11.6. The highest BCUT2D eigenvalue weighted by Gasteiger charge is 2.28. The van der Waals surface area contributed by atoms with Gasteiger partial charge in [0.05, 0.1) is 19.1 Å². The summed E-state index contributed by atoms with van der Waals surface area (Å²) < 4.78 is 0. The fourth-order valence-electron chi connectivity index (χ4n) is 1.80. The number of aliphatic hydroxyl groups is 1. The largest absolute Gasteiger partial charge is 0.481 e. The van der Waals surface area contributed by atoms with E-state index < -0.39 is 54.9 Å². The molecule has 0 aromatic rings. The molecule has 0 aromatic carbocycles. The Balaban J connectivity index is 4.58. The van der Waals surface area contributed by atoms with Gasteiger partial charge in [0.15, 0.2) is 5.96 Å². The normalized spacial score (nSPS) is 13.8. The van der Waals surface area contributed by atoms with E-state index in [0.29, 0.717) is 13.0 Å². The van der Waals surface area contributed by atoms with E-state index in [0.717, 1.165) is 0 Å². The second-order valence-electron chi connectivity index (χ2n) is 5.33. The standard InChI is InChI=1S/C13H24N6O7/c14-6(2-1-3-17-13(15)16)10(23)19-8(5-20)11(24)18-7(12(25)26)4-9(21)22/h6-8,20H,1-5,14H2,(H,18,24)(H,19,23)(H,21,22)(H,25,26)(H4,15,16,17)/t6-,7-,8-/m0/s1. The van der Waals surface area contributed by atoms with Crippen LogP contribution in [0, 0.1) is 5.41 Å². The molecule has 0 spiro atoms. The Bertz CT molecular complexity index is 541. The van der Waals surface area contributed by atoms with Crippen LogP contribution in [0.3, 0.4) is 0 Å². The molecule has 0 saturated heterocycles. The third-order valence-electron chi connectivity index (χ3n) is 3.15. The van der Waals surface area contributed by atoms with Crippen molar-refractivity contribution >= 4 is 29.7 Å². The van der Waals surface area contributed by atoms with Crippen LogP contribution in [0.25, 0.3) is 0 Å². The van der Waals surface area contributed by atoms with Crippen LogP contribution >= 0.6 is 0 Å². The Labute approximate surface area is 148 Å². The van der Waals surface area contributed by atoms with E-state index in [9.17, 15) is 24.3 Å². The number of amides is 2. The quantitative estimate of drug-likeness (QED) is 0.0910. The maximum absolute atomic E-state index is 11.9. The van der Waals surface area contributed by atoms with Crippen molar-refractivity contribution in [2.75, 3.05) is 13.2 Å². The maximum atomic E-state index is 11.9. The van der Waals surface area contributed by atoms with Crippen LogP contribution in [0.2, 0.25) is 0 Å². The van der Waals surface area contributed by atoms with Crippen LogP contribution < -0.4 is 27.4 Å². The molecule has 0 fully saturated rings. The molecule has 13 heteroatoms. The number of carbonyl (C=O) groups excluding carboxylic acids is 2. The number of carboxylic acids is 2. The van der Waals surface area contributed by atoms with Crippen LogP contribution in [0.4, 0.5) is 0 Å². The summed E-state index contributed by atoms with van der Waals surface area (Å²) in [6.45, 7) is -0.523. The average molecular weight is 376 g/mol. The number of guanidine groups is 1. The predicted octanol–water partition coefficient (Wildman–Crippen LogP) is -3.90. The Kier molecular flexibility index (Phi) is 10.3. The minimum atomic E-state index is -1.71. The number of carbonyl (C=O) groups is 4. The van der Waals surface area contributed by atoms with E-state index in [4.69, 9.17) is 27.1 Å². The topological polar surface area (TPSA) is 241 Å². The van der Waals surface area contributed by atoms with Gasteiger partial charge in [-0.1, -0.05) is 0 Å². The lowest BCUT2D eigenvalue weighted by molar-refractivity contribution is -0.147. The molecule has 13 nitrogen and oxygen atoms in total. The van der Waals surface area contributed by atoms with Crippen molar-refractivity contribution < 1.29 is 34.5 Å². The zero-order chi connectivity index (χ0) is 20.3. The summed E-state index contributed by atoms with van der Waals surface area (Å²) in [7, 11) is 0. The molecule has 0 aliphatic rings. The first-order valence-corrected chi connectivity index (χ1v) is 7.58. The van der Waals surface area contributed by atoms with Crippen LogP contribution in [-0.4, -0.2) is 76.3 Å². The van der Waals surface area contributed by atoms with Gasteiger partial charge in [-0.25, -0.2) is 4.79 Å². The first kappa shape index (κ1) is 23.1. The molecule has 11 N–H and O–H groups in total. The van der Waals surface area contributed by atoms with Crippen molar-refractivity contribution in [2.45, 2.75) is 37.4 Å². The molecule has 148 valence electrons. The van der Waals surface area contributed by atoms with Gasteiger partial charge in [-0.05, 0) is 12.8 Å². The minimum absolute atomic E-state index is 0.197. The van der Waals surface area contributed by atoms with Crippen molar-refractivity contribution in [3.8, 4) is 0 Å². The van der Waals surface area contributed by atoms with E-state index in [1.54, 1.807) is 0 Å². The number of nitrogens with one attached hydrogen (secondary N) is 4. The van der Waals surface area contributed by atoms with E-state index in [2.05, 4.69) is 10.6 Å². The van der Waals surface area contributed by atoms with Gasteiger partial charge < -0.3 is 42.7 Å². The third-order valence-corrected chi connectivity index (χ3v) is 3.15. The molecule has 0 aliphatic heterocycles. The predicted molar refractivity (Wildman–Crippen MR) is 88.0 cm³/mol. The van der Waals surface area contributed by atoms with E-state index in [-0.39, 0.29) is 12.4 Å². The van der Waals surface area contributed by atoms with Gasteiger partial charge >= 0.3 is 11.9 Å². The minimum Gasteiger partial charge on any atom is -0.481 e. The van der Waals surface area contributed by atoms with Gasteiger partial charge in [-0.2, -0.15) is 0 Å². The number of nitrogens with two attached hydrogens (primary N) is 2. The first-order chi connectivity index (χ1) is 12.1. The summed E-state index contributed by atoms with van der Waals surface area (Å²) >= 11 is 0. The summed E-state index contributed by atoms with van der Waals surface area (Å²) in [5.74, 6) is -5.05.